The Hall–Kier alpha value is -8.19. The summed E-state index contributed by atoms with van der Waals surface area (Å²) >= 11 is 0. The Morgan fingerprint density at radius 2 is 0.625 bits per heavy atom. The summed E-state index contributed by atoms with van der Waals surface area (Å²) in [5.74, 6) is 8.32. The molecule has 0 saturated carbocycles. The van der Waals surface area contributed by atoms with Crippen molar-refractivity contribution in [1.29, 1.82) is 0 Å². The Labute approximate surface area is 472 Å². The molecule has 0 spiro atoms. The van der Waals surface area contributed by atoms with E-state index in [1.165, 1.54) is 25.7 Å². The van der Waals surface area contributed by atoms with Gasteiger partial charge in [-0.05, 0) is 172 Å². The van der Waals surface area contributed by atoms with Gasteiger partial charge in [0.15, 0.2) is 0 Å². The number of benzene rings is 6. The van der Waals surface area contributed by atoms with E-state index in [-0.39, 0.29) is 0 Å². The molecule has 0 aliphatic heterocycles. The fourth-order valence-electron chi connectivity index (χ4n) is 8.20. The molecular formula is C68H74BFO10. The lowest BCUT2D eigenvalue weighted by atomic mass is 10.0. The molecule has 0 amide bonds. The van der Waals surface area contributed by atoms with Crippen LogP contribution in [0, 0.1) is 0 Å². The second kappa shape index (κ2) is 34.0. The first-order chi connectivity index (χ1) is 39.1. The number of ether oxygens (including phenoxy) is 6. The standard InChI is InChI=1S/2C34H37O4.BFO2/c2*1-4-7-8-23-37-32-16-9-26(10-17-32)11-18-33-24-29(27-12-19-30(20-13-27)35-5-2)25-34(38-33)28-14-21-31(22-15-28)36-6-3;2-1(3)4/h2*9-22,24-25H,4-8,23H2,1-3H3;/q2*+1;-2/b2*18-11+;. The second-order valence-electron chi connectivity index (χ2n) is 18.2. The predicted octanol–water partition coefficient (Wildman–Crippen LogP) is 16.5. The highest BCUT2D eigenvalue weighted by Crippen LogP contribution is 2.34. The van der Waals surface area contributed by atoms with Gasteiger partial charge in [-0.3, -0.25) is 0 Å². The summed E-state index contributed by atoms with van der Waals surface area (Å²) < 4.78 is 56.7. The molecule has 12 heteroatoms. The van der Waals surface area contributed by atoms with Gasteiger partial charge in [-0.2, -0.15) is 0 Å². The highest BCUT2D eigenvalue weighted by Gasteiger charge is 2.20. The van der Waals surface area contributed by atoms with Gasteiger partial charge in [0.25, 0.3) is 0 Å². The molecule has 0 atom stereocenters. The summed E-state index contributed by atoms with van der Waals surface area (Å²) in [7, 11) is -3.17. The Kier molecular flexibility index (Phi) is 25.9. The van der Waals surface area contributed by atoms with Crippen LogP contribution in [0.4, 0.5) is 4.32 Å². The van der Waals surface area contributed by atoms with E-state index in [0.717, 1.165) is 128 Å². The number of hydrogen-bond acceptors (Lipinski definition) is 8. The lowest BCUT2D eigenvalue weighted by molar-refractivity contribution is -0.366. The first-order valence-electron chi connectivity index (χ1n) is 27.8. The zero-order valence-electron chi connectivity index (χ0n) is 47.0. The zero-order valence-corrected chi connectivity index (χ0v) is 47.0. The van der Waals surface area contributed by atoms with Crippen LogP contribution in [-0.4, -0.2) is 47.0 Å². The maximum absolute atomic E-state index is 9.89. The summed E-state index contributed by atoms with van der Waals surface area (Å²) in [5.41, 5.74) is 8.45. The predicted molar refractivity (Wildman–Crippen MR) is 320 cm³/mol. The van der Waals surface area contributed by atoms with Crippen molar-refractivity contribution in [1.82, 2.24) is 0 Å². The van der Waals surface area contributed by atoms with E-state index in [9.17, 15) is 4.32 Å². The molecule has 6 aromatic carbocycles. The Bertz CT molecular complexity index is 2720. The van der Waals surface area contributed by atoms with Crippen molar-refractivity contribution in [2.45, 2.75) is 80.1 Å². The van der Waals surface area contributed by atoms with Crippen molar-refractivity contribution in [2.24, 2.45) is 0 Å². The molecule has 0 N–H and O–H groups in total. The van der Waals surface area contributed by atoms with Gasteiger partial charge in [-0.15, -0.1) is 0 Å². The fraction of sp³-hybridized carbons (Fsp3) is 0.265. The minimum atomic E-state index is -3.17. The molecule has 0 aliphatic carbocycles. The molecule has 8 rings (SSSR count). The van der Waals surface area contributed by atoms with Crippen molar-refractivity contribution in [3.8, 4) is 79.4 Å². The van der Waals surface area contributed by atoms with E-state index in [2.05, 4.69) is 98.8 Å². The average molecular weight is 1080 g/mol. The Morgan fingerprint density at radius 1 is 0.350 bits per heavy atom. The molecule has 0 aliphatic rings. The third-order valence-electron chi connectivity index (χ3n) is 12.2. The van der Waals surface area contributed by atoms with E-state index >= 15 is 0 Å². The summed E-state index contributed by atoms with van der Waals surface area (Å²) in [6, 6.07) is 56.9. The van der Waals surface area contributed by atoms with E-state index in [4.69, 9.17) is 47.3 Å². The third kappa shape index (κ3) is 20.9. The van der Waals surface area contributed by atoms with Gasteiger partial charge < -0.3 is 42.8 Å². The smallest absolute Gasteiger partial charge is 0.361 e. The van der Waals surface area contributed by atoms with Gasteiger partial charge in [-0.25, -0.2) is 8.83 Å². The van der Waals surface area contributed by atoms with Gasteiger partial charge in [0, 0.05) is 23.3 Å². The SMILES string of the molecule is CCCCCOc1ccc(/C=C/c2cc(-c3ccc(OCC)cc3)cc(-c3ccc(OCC)cc3)[o+]2)cc1.CCCCCOc1ccc(/C=C/c2cc(-c3ccc(OCC)cc3)cc(-c3ccc(OCC)cc3)[o+]2)cc1.[O-]B([O-])F. The summed E-state index contributed by atoms with van der Waals surface area (Å²) in [6.45, 7) is 16.4. The number of unbranched alkanes of at least 4 members (excludes halogenated alkanes) is 4. The van der Waals surface area contributed by atoms with Gasteiger partial charge in [0.1, 0.15) is 41.9 Å². The maximum atomic E-state index is 9.89. The van der Waals surface area contributed by atoms with Crippen LogP contribution in [0.2, 0.25) is 0 Å². The van der Waals surface area contributed by atoms with Crippen molar-refractivity contribution in [2.75, 3.05) is 39.6 Å². The maximum Gasteiger partial charge on any atom is 0.361 e. The van der Waals surface area contributed by atoms with Crippen LogP contribution in [0.5, 0.6) is 34.5 Å². The normalized spacial score (nSPS) is 10.8. The molecule has 10 nitrogen and oxygen atoms in total. The molecule has 0 radical (unpaired) electrons. The Morgan fingerprint density at radius 3 is 0.912 bits per heavy atom. The van der Waals surface area contributed by atoms with E-state index in [1.807, 2.05) is 137 Å². The van der Waals surface area contributed by atoms with E-state index < -0.39 is 7.40 Å². The van der Waals surface area contributed by atoms with Crippen LogP contribution in [0.25, 0.3) is 69.2 Å². The van der Waals surface area contributed by atoms with Crippen LogP contribution < -0.4 is 38.5 Å². The molecule has 0 saturated heterocycles. The minimum Gasteiger partial charge on any atom is -0.867 e. The van der Waals surface area contributed by atoms with E-state index in [1.54, 1.807) is 0 Å². The van der Waals surface area contributed by atoms with Crippen LogP contribution in [0.15, 0.2) is 179 Å². The van der Waals surface area contributed by atoms with Crippen molar-refractivity contribution >= 4 is 31.7 Å². The van der Waals surface area contributed by atoms with Gasteiger partial charge >= 0.3 is 23.0 Å². The number of hydrogen-bond donors (Lipinski definition) is 0. The molecule has 80 heavy (non-hydrogen) atoms. The average Bonchev–Trinajstić information content (AvgIpc) is 3.51. The molecule has 8 aromatic rings. The number of rotatable bonds is 26. The molecule has 416 valence electrons. The Balaban J connectivity index is 0.000000242. The van der Waals surface area contributed by atoms with Gasteiger partial charge in [0.2, 0.25) is 0 Å². The first kappa shape index (κ1) is 61.0. The van der Waals surface area contributed by atoms with Crippen LogP contribution in [0.1, 0.15) is 103 Å². The summed E-state index contributed by atoms with van der Waals surface area (Å²) in [4.78, 5) is 0. The zero-order chi connectivity index (χ0) is 56.7. The quantitative estimate of drug-likeness (QED) is 0.0294. The molecule has 0 bridgehead atoms. The topological polar surface area (TPSA) is 124 Å². The van der Waals surface area contributed by atoms with Crippen LogP contribution in [0.3, 0.4) is 0 Å². The van der Waals surface area contributed by atoms with E-state index in [0.29, 0.717) is 26.4 Å². The summed E-state index contributed by atoms with van der Waals surface area (Å²) in [6.07, 6.45) is 15.1. The third-order valence-corrected chi connectivity index (χ3v) is 12.2. The summed E-state index contributed by atoms with van der Waals surface area (Å²) in [5, 5.41) is 16.6. The monoisotopic (exact) mass is 1080 g/mol. The first-order valence-corrected chi connectivity index (χ1v) is 27.8. The highest BCUT2D eigenvalue weighted by molar-refractivity contribution is 6.27. The molecule has 2 aromatic heterocycles. The van der Waals surface area contributed by atoms with Gasteiger partial charge in [-0.1, -0.05) is 88.1 Å². The fourth-order valence-corrected chi connectivity index (χ4v) is 8.20. The molecular weight excluding hydrogens is 1010 g/mol. The minimum absolute atomic E-state index is 0.637. The number of halogens is 1. The molecule has 0 fully saturated rings. The van der Waals surface area contributed by atoms with Gasteiger partial charge in [0.05, 0.1) is 75.0 Å². The molecule has 2 heterocycles. The van der Waals surface area contributed by atoms with Crippen molar-refractivity contribution in [3.05, 3.63) is 193 Å². The molecule has 0 unspecified atom stereocenters. The lowest BCUT2D eigenvalue weighted by Gasteiger charge is -2.09. The van der Waals surface area contributed by atoms with Crippen molar-refractivity contribution in [3.63, 3.8) is 0 Å². The second-order valence-corrected chi connectivity index (χ2v) is 18.2. The van der Waals surface area contributed by atoms with Crippen LogP contribution >= 0.6 is 0 Å². The van der Waals surface area contributed by atoms with Crippen LogP contribution in [-0.2, 0) is 0 Å². The highest BCUT2D eigenvalue weighted by atomic mass is 19.1. The largest absolute Gasteiger partial charge is 0.867 e. The van der Waals surface area contributed by atoms with Crippen molar-refractivity contribution < 1.29 is 51.6 Å². The lowest BCUT2D eigenvalue weighted by Crippen LogP contribution is -2.39.